The summed E-state index contributed by atoms with van der Waals surface area (Å²) in [5, 5.41) is 3.84. The Morgan fingerprint density at radius 1 is 1.33 bits per heavy atom. The van der Waals surface area contributed by atoms with E-state index in [0.717, 1.165) is 23.8 Å². The molecular formula is C20H32N2OS. The molecule has 2 atom stereocenters. The summed E-state index contributed by atoms with van der Waals surface area (Å²) in [5.74, 6) is 1.78. The molecule has 1 saturated heterocycles. The SMILES string of the molecule is CC(C)c1cccc(C(C)C(=O)NCCC[C@@H]2CN(C)CCS2)c1. The van der Waals surface area contributed by atoms with Crippen LogP contribution in [-0.2, 0) is 4.79 Å². The van der Waals surface area contributed by atoms with Crippen LogP contribution in [0.3, 0.4) is 0 Å². The maximum Gasteiger partial charge on any atom is 0.227 e. The minimum Gasteiger partial charge on any atom is -0.356 e. The van der Waals surface area contributed by atoms with Crippen LogP contribution in [0.1, 0.15) is 56.6 Å². The van der Waals surface area contributed by atoms with Crippen molar-refractivity contribution in [2.75, 3.05) is 32.4 Å². The summed E-state index contributed by atoms with van der Waals surface area (Å²) in [6.07, 6.45) is 2.25. The highest BCUT2D eigenvalue weighted by atomic mass is 32.2. The molecule has 0 saturated carbocycles. The second-order valence-corrected chi connectivity index (χ2v) is 8.64. The van der Waals surface area contributed by atoms with Crippen molar-refractivity contribution in [1.82, 2.24) is 10.2 Å². The van der Waals surface area contributed by atoms with E-state index in [1.165, 1.54) is 30.8 Å². The number of nitrogens with one attached hydrogen (secondary N) is 1. The van der Waals surface area contributed by atoms with Crippen LogP contribution >= 0.6 is 11.8 Å². The van der Waals surface area contributed by atoms with Gasteiger partial charge in [0.2, 0.25) is 5.91 Å². The highest BCUT2D eigenvalue weighted by Crippen LogP contribution is 2.22. The maximum absolute atomic E-state index is 12.4. The van der Waals surface area contributed by atoms with E-state index in [-0.39, 0.29) is 11.8 Å². The van der Waals surface area contributed by atoms with Gasteiger partial charge in [0.25, 0.3) is 0 Å². The Balaban J connectivity index is 1.74. The Morgan fingerprint density at radius 3 is 2.79 bits per heavy atom. The number of rotatable bonds is 7. The monoisotopic (exact) mass is 348 g/mol. The minimum absolute atomic E-state index is 0.0844. The van der Waals surface area contributed by atoms with Crippen molar-refractivity contribution in [1.29, 1.82) is 0 Å². The summed E-state index contributed by atoms with van der Waals surface area (Å²) in [5.41, 5.74) is 2.41. The van der Waals surface area contributed by atoms with Crippen LogP contribution in [0.2, 0.25) is 0 Å². The quantitative estimate of drug-likeness (QED) is 0.760. The normalized spacial score (nSPS) is 20.1. The van der Waals surface area contributed by atoms with Crippen molar-refractivity contribution < 1.29 is 4.79 Å². The van der Waals surface area contributed by atoms with Crippen LogP contribution in [0.25, 0.3) is 0 Å². The number of hydrogen-bond acceptors (Lipinski definition) is 3. The van der Waals surface area contributed by atoms with Crippen molar-refractivity contribution in [3.8, 4) is 0 Å². The molecule has 0 aliphatic carbocycles. The van der Waals surface area contributed by atoms with Gasteiger partial charge in [-0.2, -0.15) is 11.8 Å². The number of benzene rings is 1. The molecule has 134 valence electrons. The van der Waals surface area contributed by atoms with Gasteiger partial charge in [0.1, 0.15) is 0 Å². The first-order chi connectivity index (χ1) is 11.5. The van der Waals surface area contributed by atoms with E-state index >= 15 is 0 Å². The molecule has 24 heavy (non-hydrogen) atoms. The molecule has 0 aromatic heterocycles. The molecule has 3 nitrogen and oxygen atoms in total. The summed E-state index contributed by atoms with van der Waals surface area (Å²) in [7, 11) is 2.20. The number of nitrogens with zero attached hydrogens (tertiary/aromatic N) is 1. The van der Waals surface area contributed by atoms with Crippen LogP contribution in [0, 0.1) is 0 Å². The van der Waals surface area contributed by atoms with Gasteiger partial charge < -0.3 is 10.2 Å². The van der Waals surface area contributed by atoms with Gasteiger partial charge in [-0.3, -0.25) is 4.79 Å². The first kappa shape index (κ1) is 19.3. The number of carbonyl (C=O) groups is 1. The van der Waals surface area contributed by atoms with E-state index in [1.54, 1.807) is 0 Å². The number of carbonyl (C=O) groups excluding carboxylic acids is 1. The first-order valence-corrected chi connectivity index (χ1v) is 10.2. The first-order valence-electron chi connectivity index (χ1n) is 9.15. The van der Waals surface area contributed by atoms with Gasteiger partial charge in [-0.1, -0.05) is 38.1 Å². The van der Waals surface area contributed by atoms with Crippen molar-refractivity contribution in [3.05, 3.63) is 35.4 Å². The van der Waals surface area contributed by atoms with Gasteiger partial charge >= 0.3 is 0 Å². The zero-order chi connectivity index (χ0) is 17.5. The maximum atomic E-state index is 12.4. The minimum atomic E-state index is -0.0844. The zero-order valence-corrected chi connectivity index (χ0v) is 16.4. The molecular weight excluding hydrogens is 316 g/mol. The van der Waals surface area contributed by atoms with Gasteiger partial charge in [0, 0.05) is 30.6 Å². The van der Waals surface area contributed by atoms with Crippen LogP contribution in [0.5, 0.6) is 0 Å². The fraction of sp³-hybridized carbons (Fsp3) is 0.650. The van der Waals surface area contributed by atoms with Gasteiger partial charge in [0.15, 0.2) is 0 Å². The summed E-state index contributed by atoms with van der Waals surface area (Å²) >= 11 is 2.08. The topological polar surface area (TPSA) is 32.3 Å². The molecule has 1 aliphatic rings. The molecule has 1 aromatic carbocycles. The highest BCUT2D eigenvalue weighted by Gasteiger charge is 2.18. The molecule has 1 heterocycles. The van der Waals surface area contributed by atoms with Crippen molar-refractivity contribution >= 4 is 17.7 Å². The third-order valence-electron chi connectivity index (χ3n) is 4.81. The molecule has 1 N–H and O–H groups in total. The van der Waals surface area contributed by atoms with E-state index in [0.29, 0.717) is 5.92 Å². The van der Waals surface area contributed by atoms with Crippen LogP contribution in [-0.4, -0.2) is 48.5 Å². The number of hydrogen-bond donors (Lipinski definition) is 1. The lowest BCUT2D eigenvalue weighted by molar-refractivity contribution is -0.122. The molecule has 4 heteroatoms. The molecule has 1 aromatic rings. The van der Waals surface area contributed by atoms with Gasteiger partial charge in [-0.15, -0.1) is 0 Å². The second-order valence-electron chi connectivity index (χ2n) is 7.23. The Morgan fingerprint density at radius 2 is 2.08 bits per heavy atom. The highest BCUT2D eigenvalue weighted by molar-refractivity contribution is 8.00. The Bertz CT molecular complexity index is 532. The molecule has 0 spiro atoms. The zero-order valence-electron chi connectivity index (χ0n) is 15.5. The Labute approximate surface area is 151 Å². The average molecular weight is 349 g/mol. The lowest BCUT2D eigenvalue weighted by Gasteiger charge is -2.29. The number of thioether (sulfide) groups is 1. The van der Waals surface area contributed by atoms with Crippen molar-refractivity contribution in [2.45, 2.75) is 50.7 Å². The van der Waals surface area contributed by atoms with E-state index < -0.39 is 0 Å². The Hall–Kier alpha value is -1.00. The summed E-state index contributed by atoms with van der Waals surface area (Å²) < 4.78 is 0. The van der Waals surface area contributed by atoms with Gasteiger partial charge in [-0.25, -0.2) is 0 Å². The average Bonchev–Trinajstić information content (AvgIpc) is 2.58. The summed E-state index contributed by atoms with van der Waals surface area (Å²) in [6.45, 7) is 9.53. The molecule has 1 unspecified atom stereocenters. The Kier molecular flexibility index (Phi) is 7.63. The van der Waals surface area contributed by atoms with Crippen LogP contribution < -0.4 is 5.32 Å². The third-order valence-corrected chi connectivity index (χ3v) is 6.09. The third kappa shape index (κ3) is 5.82. The van der Waals surface area contributed by atoms with E-state index in [2.05, 4.69) is 67.1 Å². The predicted octanol–water partition coefficient (Wildman–Crippen LogP) is 3.86. The van der Waals surface area contributed by atoms with Crippen LogP contribution in [0.15, 0.2) is 24.3 Å². The van der Waals surface area contributed by atoms with Crippen molar-refractivity contribution in [2.24, 2.45) is 0 Å². The van der Waals surface area contributed by atoms with Gasteiger partial charge in [-0.05, 0) is 43.9 Å². The van der Waals surface area contributed by atoms with Crippen LogP contribution in [0.4, 0.5) is 0 Å². The second kappa shape index (κ2) is 9.47. The fourth-order valence-electron chi connectivity index (χ4n) is 3.07. The smallest absolute Gasteiger partial charge is 0.227 e. The van der Waals surface area contributed by atoms with E-state index in [9.17, 15) is 4.79 Å². The lowest BCUT2D eigenvalue weighted by atomic mass is 9.94. The molecule has 0 radical (unpaired) electrons. The lowest BCUT2D eigenvalue weighted by Crippen LogP contribution is -2.35. The molecule has 2 rings (SSSR count). The predicted molar refractivity (Wildman–Crippen MR) is 105 cm³/mol. The molecule has 1 fully saturated rings. The van der Waals surface area contributed by atoms with E-state index in [1.807, 2.05) is 6.92 Å². The summed E-state index contributed by atoms with van der Waals surface area (Å²) in [6, 6.07) is 8.43. The largest absolute Gasteiger partial charge is 0.356 e. The fourth-order valence-corrected chi connectivity index (χ4v) is 4.52. The molecule has 1 aliphatic heterocycles. The van der Waals surface area contributed by atoms with Gasteiger partial charge in [0.05, 0.1) is 5.92 Å². The number of amides is 1. The molecule has 0 bridgehead atoms. The summed E-state index contributed by atoms with van der Waals surface area (Å²) in [4.78, 5) is 14.8. The van der Waals surface area contributed by atoms with E-state index in [4.69, 9.17) is 0 Å². The molecule has 1 amide bonds. The standard InChI is InChI=1S/C20H32N2OS/c1-15(2)17-7-5-8-18(13-17)16(3)20(23)21-10-6-9-19-14-22(4)11-12-24-19/h5,7-8,13,15-16,19H,6,9-12,14H2,1-4H3,(H,21,23)/t16?,19-/m1/s1. The van der Waals surface area contributed by atoms with Crippen molar-refractivity contribution in [3.63, 3.8) is 0 Å².